The molecule has 114 valence electrons. The van der Waals surface area contributed by atoms with Crippen molar-refractivity contribution in [3.05, 3.63) is 34.3 Å². The van der Waals surface area contributed by atoms with Crippen LogP contribution in [-0.4, -0.2) is 43.2 Å². The van der Waals surface area contributed by atoms with Crippen molar-refractivity contribution in [2.45, 2.75) is 32.7 Å². The molecule has 0 aliphatic carbocycles. The molecule has 1 aromatic carbocycles. The molecule has 0 aliphatic heterocycles. The fourth-order valence-electron chi connectivity index (χ4n) is 2.32. The number of rotatable bonds is 9. The van der Waals surface area contributed by atoms with Crippen LogP contribution in [0, 0.1) is 0 Å². The second-order valence-corrected chi connectivity index (χ2v) is 6.44. The molecular weight excluding hydrogens is 314 g/mol. The highest BCUT2D eigenvalue weighted by atomic mass is 79.9. The molecule has 0 saturated carbocycles. The molecule has 0 bridgehead atoms. The number of hydrogen-bond donors (Lipinski definition) is 2. The van der Waals surface area contributed by atoms with Crippen LogP contribution in [0.25, 0.3) is 0 Å². The predicted octanol–water partition coefficient (Wildman–Crippen LogP) is 2.64. The molecule has 1 unspecified atom stereocenters. The lowest BCUT2D eigenvalue weighted by atomic mass is 9.93. The van der Waals surface area contributed by atoms with Gasteiger partial charge in [-0.1, -0.05) is 41.9 Å². The third kappa shape index (κ3) is 5.92. The van der Waals surface area contributed by atoms with Crippen molar-refractivity contribution >= 4 is 15.9 Å². The molecule has 1 aromatic rings. The maximum atomic E-state index is 5.98. The van der Waals surface area contributed by atoms with Crippen molar-refractivity contribution in [1.29, 1.82) is 0 Å². The zero-order chi connectivity index (χ0) is 15.0. The third-order valence-corrected chi connectivity index (χ3v) is 4.36. The molecule has 1 atom stereocenters. The van der Waals surface area contributed by atoms with Gasteiger partial charge in [0.1, 0.15) is 0 Å². The van der Waals surface area contributed by atoms with Crippen molar-refractivity contribution < 1.29 is 0 Å². The summed E-state index contributed by atoms with van der Waals surface area (Å²) in [5, 5.41) is 3.63. The number of hydrogen-bond acceptors (Lipinski definition) is 3. The lowest BCUT2D eigenvalue weighted by molar-refractivity contribution is 0.275. The van der Waals surface area contributed by atoms with E-state index in [4.69, 9.17) is 5.73 Å². The molecule has 20 heavy (non-hydrogen) atoms. The first kappa shape index (κ1) is 17.6. The molecule has 0 aliphatic rings. The van der Waals surface area contributed by atoms with Gasteiger partial charge in [-0.15, -0.1) is 0 Å². The van der Waals surface area contributed by atoms with Crippen molar-refractivity contribution in [3.63, 3.8) is 0 Å². The highest BCUT2D eigenvalue weighted by Crippen LogP contribution is 2.15. The molecule has 0 fully saturated rings. The van der Waals surface area contributed by atoms with E-state index in [0.717, 1.165) is 37.1 Å². The highest BCUT2D eigenvalue weighted by Gasteiger charge is 2.22. The maximum Gasteiger partial charge on any atom is 0.0316 e. The Labute approximate surface area is 132 Å². The van der Waals surface area contributed by atoms with Crippen LogP contribution in [0.1, 0.15) is 26.3 Å². The van der Waals surface area contributed by atoms with E-state index >= 15 is 0 Å². The molecule has 1 rings (SSSR count). The first-order chi connectivity index (χ1) is 9.53. The molecule has 0 radical (unpaired) electrons. The minimum Gasteiger partial charge on any atom is -0.329 e. The smallest absolute Gasteiger partial charge is 0.0316 e. The summed E-state index contributed by atoms with van der Waals surface area (Å²) in [7, 11) is 0. The Hall–Kier alpha value is -0.420. The molecule has 0 saturated heterocycles. The van der Waals surface area contributed by atoms with Crippen LogP contribution in [-0.2, 0) is 6.42 Å². The monoisotopic (exact) mass is 341 g/mol. The predicted molar refractivity (Wildman–Crippen MR) is 91.1 cm³/mol. The normalized spacial score (nSPS) is 14.5. The Kier molecular flexibility index (Phi) is 7.74. The van der Waals surface area contributed by atoms with Gasteiger partial charge in [-0.2, -0.15) is 0 Å². The Balaban J connectivity index is 2.51. The fourth-order valence-corrected chi connectivity index (χ4v) is 2.58. The first-order valence-electron chi connectivity index (χ1n) is 7.45. The van der Waals surface area contributed by atoms with Gasteiger partial charge in [-0.3, -0.25) is 0 Å². The molecule has 0 amide bonds. The van der Waals surface area contributed by atoms with Gasteiger partial charge in [0.15, 0.2) is 0 Å². The van der Waals surface area contributed by atoms with Gasteiger partial charge in [0, 0.05) is 29.6 Å². The fraction of sp³-hybridized carbons (Fsp3) is 0.625. The molecule has 3 nitrogen and oxygen atoms in total. The Bertz CT molecular complexity index is 376. The summed E-state index contributed by atoms with van der Waals surface area (Å²) in [5.41, 5.74) is 7.26. The summed E-state index contributed by atoms with van der Waals surface area (Å²) >= 11 is 3.47. The van der Waals surface area contributed by atoms with Gasteiger partial charge in [0.2, 0.25) is 0 Å². The molecule has 0 spiro atoms. The Morgan fingerprint density at radius 1 is 1.20 bits per heavy atom. The lowest BCUT2D eigenvalue weighted by Crippen LogP contribution is -2.52. The third-order valence-electron chi connectivity index (χ3n) is 3.83. The van der Waals surface area contributed by atoms with Crippen molar-refractivity contribution in [1.82, 2.24) is 10.2 Å². The Morgan fingerprint density at radius 3 is 2.30 bits per heavy atom. The molecular formula is C16H28BrN3. The highest BCUT2D eigenvalue weighted by molar-refractivity contribution is 9.10. The zero-order valence-corrected chi connectivity index (χ0v) is 14.5. The number of halogens is 1. The average molecular weight is 342 g/mol. The van der Waals surface area contributed by atoms with E-state index in [1.165, 1.54) is 5.56 Å². The van der Waals surface area contributed by atoms with Crippen molar-refractivity contribution in [3.8, 4) is 0 Å². The van der Waals surface area contributed by atoms with E-state index < -0.39 is 0 Å². The van der Waals surface area contributed by atoms with Crippen LogP contribution < -0.4 is 11.1 Å². The number of benzene rings is 1. The average Bonchev–Trinajstić information content (AvgIpc) is 2.46. The van der Waals surface area contributed by atoms with Crippen molar-refractivity contribution in [2.75, 3.05) is 32.7 Å². The summed E-state index contributed by atoms with van der Waals surface area (Å²) in [6.07, 6.45) is 0.953. The van der Waals surface area contributed by atoms with E-state index in [2.05, 4.69) is 71.2 Å². The van der Waals surface area contributed by atoms with E-state index in [1.807, 2.05) is 0 Å². The first-order valence-corrected chi connectivity index (χ1v) is 8.24. The van der Waals surface area contributed by atoms with Gasteiger partial charge < -0.3 is 16.0 Å². The second-order valence-electron chi connectivity index (χ2n) is 5.52. The SMILES string of the molecule is CCN(CC)CCNC(C)(CN)Cc1ccc(Br)cc1. The molecule has 3 N–H and O–H groups in total. The molecule has 0 heterocycles. The summed E-state index contributed by atoms with van der Waals surface area (Å²) in [6, 6.07) is 8.48. The van der Waals surface area contributed by atoms with Crippen LogP contribution in [0.2, 0.25) is 0 Å². The summed E-state index contributed by atoms with van der Waals surface area (Å²) in [6.45, 7) is 11.5. The number of nitrogens with one attached hydrogen (secondary N) is 1. The van der Waals surface area contributed by atoms with E-state index in [0.29, 0.717) is 6.54 Å². The second kappa shape index (κ2) is 8.78. The largest absolute Gasteiger partial charge is 0.329 e. The summed E-state index contributed by atoms with van der Waals surface area (Å²) in [4.78, 5) is 2.42. The van der Waals surface area contributed by atoms with Crippen LogP contribution in [0.5, 0.6) is 0 Å². The van der Waals surface area contributed by atoms with Crippen molar-refractivity contribution in [2.24, 2.45) is 5.73 Å². The summed E-state index contributed by atoms with van der Waals surface area (Å²) in [5.74, 6) is 0. The number of nitrogens with two attached hydrogens (primary N) is 1. The lowest BCUT2D eigenvalue weighted by Gasteiger charge is -2.31. The molecule has 0 aromatic heterocycles. The quantitative estimate of drug-likeness (QED) is 0.725. The topological polar surface area (TPSA) is 41.3 Å². The minimum atomic E-state index is -0.0407. The van der Waals surface area contributed by atoms with E-state index in [1.54, 1.807) is 0 Å². The standard InChI is InChI=1S/C16H28BrN3/c1-4-20(5-2)11-10-19-16(3,13-18)12-14-6-8-15(17)9-7-14/h6-9,19H,4-5,10-13,18H2,1-3H3. The van der Waals surface area contributed by atoms with Gasteiger partial charge in [-0.25, -0.2) is 0 Å². The summed E-state index contributed by atoms with van der Waals surface area (Å²) < 4.78 is 1.12. The van der Waals surface area contributed by atoms with E-state index in [9.17, 15) is 0 Å². The minimum absolute atomic E-state index is 0.0407. The van der Waals surface area contributed by atoms with Gasteiger partial charge in [0.25, 0.3) is 0 Å². The van der Waals surface area contributed by atoms with Gasteiger partial charge >= 0.3 is 0 Å². The maximum absolute atomic E-state index is 5.98. The number of likely N-dealkylation sites (N-methyl/N-ethyl adjacent to an activating group) is 1. The van der Waals surface area contributed by atoms with E-state index in [-0.39, 0.29) is 5.54 Å². The van der Waals surface area contributed by atoms with Crippen LogP contribution >= 0.6 is 15.9 Å². The Morgan fingerprint density at radius 2 is 1.80 bits per heavy atom. The van der Waals surface area contributed by atoms with Gasteiger partial charge in [0.05, 0.1) is 0 Å². The van der Waals surface area contributed by atoms with Crippen LogP contribution in [0.15, 0.2) is 28.7 Å². The van der Waals surface area contributed by atoms with Crippen LogP contribution in [0.4, 0.5) is 0 Å². The number of nitrogens with zero attached hydrogens (tertiary/aromatic N) is 1. The molecule has 4 heteroatoms. The zero-order valence-electron chi connectivity index (χ0n) is 13.0. The van der Waals surface area contributed by atoms with Crippen LogP contribution in [0.3, 0.4) is 0 Å². The van der Waals surface area contributed by atoms with Gasteiger partial charge in [-0.05, 0) is 44.1 Å².